The molecule has 3 aromatic carbocycles. The number of allylic oxidation sites excluding steroid dienone is 1. The topological polar surface area (TPSA) is 132 Å². The maximum atomic E-state index is 15.3. The smallest absolute Gasteiger partial charge is 0.415 e. The zero-order valence-corrected chi connectivity index (χ0v) is 34.6. The lowest BCUT2D eigenvalue weighted by molar-refractivity contribution is -0.763. The van der Waals surface area contributed by atoms with Crippen molar-refractivity contribution in [2.45, 2.75) is 93.5 Å². The van der Waals surface area contributed by atoms with Gasteiger partial charge in [-0.25, -0.2) is 9.59 Å². The first-order valence-electron chi connectivity index (χ1n) is 18.8. The Labute approximate surface area is 350 Å². The van der Waals surface area contributed by atoms with Crippen LogP contribution >= 0.6 is 46.4 Å². The van der Waals surface area contributed by atoms with Gasteiger partial charge in [0.2, 0.25) is 3.79 Å². The van der Waals surface area contributed by atoms with E-state index in [-0.39, 0.29) is 43.9 Å². The van der Waals surface area contributed by atoms with Gasteiger partial charge >= 0.3 is 12.2 Å². The molecule has 4 aliphatic rings. The molecule has 3 unspecified atom stereocenters. The van der Waals surface area contributed by atoms with Gasteiger partial charge in [0.15, 0.2) is 5.60 Å². The third-order valence-corrected chi connectivity index (χ3v) is 13.1. The van der Waals surface area contributed by atoms with Gasteiger partial charge in [-0.2, -0.15) is 0 Å². The summed E-state index contributed by atoms with van der Waals surface area (Å²) in [5, 5.41) is 10.4. The lowest BCUT2D eigenvalue weighted by Crippen LogP contribution is -2.72. The summed E-state index contributed by atoms with van der Waals surface area (Å²) in [7, 11) is 0. The second-order valence-corrected chi connectivity index (χ2v) is 18.3. The molecule has 3 fully saturated rings. The van der Waals surface area contributed by atoms with Crippen LogP contribution < -0.4 is 4.74 Å². The number of nitrogens with zero attached hydrogens (tertiary/aromatic N) is 4. The number of halogens is 4. The van der Waals surface area contributed by atoms with Crippen LogP contribution in [-0.4, -0.2) is 78.5 Å². The molecular formula is C41H42Cl4N4O8. The summed E-state index contributed by atoms with van der Waals surface area (Å²) in [6.45, 7) is 5.27. The highest BCUT2D eigenvalue weighted by atomic mass is 35.6. The minimum absolute atomic E-state index is 0.0212. The van der Waals surface area contributed by atoms with E-state index in [1.54, 1.807) is 24.3 Å². The van der Waals surface area contributed by atoms with Crippen molar-refractivity contribution in [1.82, 2.24) is 14.7 Å². The number of benzene rings is 3. The summed E-state index contributed by atoms with van der Waals surface area (Å²) < 4.78 is 9.74. The molecule has 12 nitrogen and oxygen atoms in total. The molecule has 0 N–H and O–H groups in total. The number of likely N-dealkylation sites (tertiary alicyclic amines) is 2. The standard InChI is InChI=1S/C41H42Cl4N4O8/c1-4-8-25-13-15-27(16-14-25)31-20-40-24-46(37(51)56-30-11-7-9-26(19-30)23-55-49(53)54)22-33(40)48(38(52)57-39(2,3)41(43,44)45)35(40)34(31)36(50)47(29-17-18-29)21-28-10-5-6-12-32(28)42/h5-7,9-16,19,29,33,35H,4,8,17-18,20-24H2,1-3H3. The molecule has 7 rings (SSSR count). The number of amides is 3. The van der Waals surface area contributed by atoms with Crippen LogP contribution in [0.3, 0.4) is 0 Å². The van der Waals surface area contributed by atoms with Gasteiger partial charge in [-0.15, -0.1) is 10.1 Å². The molecule has 2 heterocycles. The van der Waals surface area contributed by atoms with Gasteiger partial charge in [-0.3, -0.25) is 9.69 Å². The van der Waals surface area contributed by atoms with Crippen LogP contribution in [0.15, 0.2) is 78.4 Å². The van der Waals surface area contributed by atoms with Crippen molar-refractivity contribution in [2.75, 3.05) is 13.1 Å². The van der Waals surface area contributed by atoms with Crippen LogP contribution in [0.1, 0.15) is 68.7 Å². The van der Waals surface area contributed by atoms with E-state index in [0.717, 1.165) is 47.9 Å². The Morgan fingerprint density at radius 3 is 2.35 bits per heavy atom. The minimum atomic E-state index is -1.98. The molecule has 3 atom stereocenters. The van der Waals surface area contributed by atoms with Gasteiger partial charge in [0, 0.05) is 41.7 Å². The number of hydrogen-bond donors (Lipinski definition) is 0. The van der Waals surface area contributed by atoms with E-state index >= 15 is 4.79 Å². The lowest BCUT2D eigenvalue weighted by atomic mass is 9.66. The number of hydrogen-bond acceptors (Lipinski definition) is 8. The Bertz CT molecular complexity index is 2100. The first kappa shape index (κ1) is 40.9. The summed E-state index contributed by atoms with van der Waals surface area (Å²) in [4.78, 5) is 63.8. The average molecular weight is 861 g/mol. The van der Waals surface area contributed by atoms with E-state index in [4.69, 9.17) is 55.9 Å². The molecule has 16 heteroatoms. The quantitative estimate of drug-likeness (QED) is 0.100. The van der Waals surface area contributed by atoms with Crippen molar-refractivity contribution in [2.24, 2.45) is 5.41 Å². The summed E-state index contributed by atoms with van der Waals surface area (Å²) in [6, 6.07) is 20.4. The number of alkyl halides is 3. The Kier molecular flexibility index (Phi) is 11.4. The van der Waals surface area contributed by atoms with Crippen LogP contribution in [0.5, 0.6) is 5.75 Å². The molecule has 0 radical (unpaired) electrons. The van der Waals surface area contributed by atoms with Gasteiger partial charge in [0.1, 0.15) is 12.4 Å². The molecular weight excluding hydrogens is 818 g/mol. The monoisotopic (exact) mass is 858 g/mol. The normalized spacial score (nSPS) is 21.4. The fourth-order valence-corrected chi connectivity index (χ4v) is 8.60. The predicted molar refractivity (Wildman–Crippen MR) is 216 cm³/mol. The van der Waals surface area contributed by atoms with Crippen molar-refractivity contribution in [3.63, 3.8) is 0 Å². The first-order chi connectivity index (χ1) is 27.0. The van der Waals surface area contributed by atoms with Crippen molar-refractivity contribution in [1.29, 1.82) is 0 Å². The van der Waals surface area contributed by atoms with Crippen LogP contribution in [0, 0.1) is 15.5 Å². The van der Waals surface area contributed by atoms with Crippen molar-refractivity contribution >= 4 is 70.1 Å². The second kappa shape index (κ2) is 15.8. The molecule has 2 aliphatic carbocycles. The number of rotatable bonds is 12. The number of carbonyl (C=O) groups excluding carboxylic acids is 3. The number of ether oxygens (including phenoxy) is 2. The average Bonchev–Trinajstić information content (AvgIpc) is 3.90. The summed E-state index contributed by atoms with van der Waals surface area (Å²) in [5.41, 5.74) is 2.12. The van der Waals surface area contributed by atoms with Crippen LogP contribution in [0.25, 0.3) is 5.57 Å². The molecule has 57 heavy (non-hydrogen) atoms. The highest BCUT2D eigenvalue weighted by molar-refractivity contribution is 6.68. The van der Waals surface area contributed by atoms with E-state index in [0.29, 0.717) is 22.6 Å². The Hall–Kier alpha value is -4.23. The molecule has 2 aliphatic heterocycles. The van der Waals surface area contributed by atoms with Gasteiger partial charge in [0.05, 0.1) is 12.1 Å². The van der Waals surface area contributed by atoms with Crippen LogP contribution in [-0.2, 0) is 33.9 Å². The summed E-state index contributed by atoms with van der Waals surface area (Å²) in [5.74, 6) is -0.0649. The highest BCUT2D eigenvalue weighted by Crippen LogP contribution is 2.63. The van der Waals surface area contributed by atoms with E-state index < -0.39 is 44.2 Å². The maximum absolute atomic E-state index is 15.3. The third kappa shape index (κ3) is 8.11. The van der Waals surface area contributed by atoms with Crippen LogP contribution in [0.2, 0.25) is 5.02 Å². The molecule has 3 aromatic rings. The maximum Gasteiger partial charge on any atom is 0.415 e. The predicted octanol–water partition coefficient (Wildman–Crippen LogP) is 9.19. The zero-order valence-electron chi connectivity index (χ0n) is 31.6. The van der Waals surface area contributed by atoms with Gasteiger partial charge in [0.25, 0.3) is 11.0 Å². The summed E-state index contributed by atoms with van der Waals surface area (Å²) >= 11 is 25.5. The molecule has 2 saturated heterocycles. The number of carbonyl (C=O) groups is 3. The van der Waals surface area contributed by atoms with E-state index in [2.05, 4.69) is 23.9 Å². The molecule has 0 bridgehead atoms. The Balaban J connectivity index is 1.28. The minimum Gasteiger partial charge on any atom is -0.439 e. The molecule has 302 valence electrons. The molecule has 1 saturated carbocycles. The number of aryl methyl sites for hydroxylation is 1. The van der Waals surface area contributed by atoms with E-state index in [1.807, 2.05) is 35.2 Å². The SMILES string of the molecule is CCCc1ccc(C2=C(C(=O)N(Cc3ccccc3Cl)C3CC3)C3N(C(=O)OC(C)(C)C(Cl)(Cl)Cl)C4CN(C(=O)Oc5cccc(CO[N+](=O)[O-])c5)CC43C2)cc1. The lowest BCUT2D eigenvalue weighted by Gasteiger charge is -2.57. The molecule has 3 amide bonds. The van der Waals surface area contributed by atoms with Crippen molar-refractivity contribution in [3.8, 4) is 5.75 Å². The summed E-state index contributed by atoms with van der Waals surface area (Å²) in [6.07, 6.45) is 2.42. The van der Waals surface area contributed by atoms with Gasteiger partial charge < -0.3 is 24.1 Å². The first-order valence-corrected chi connectivity index (χ1v) is 20.3. The fourth-order valence-electron chi connectivity index (χ4n) is 8.29. The van der Waals surface area contributed by atoms with E-state index in [1.165, 1.54) is 29.7 Å². The molecule has 0 aromatic heterocycles. The largest absolute Gasteiger partial charge is 0.439 e. The Morgan fingerprint density at radius 2 is 1.70 bits per heavy atom. The Morgan fingerprint density at radius 1 is 0.982 bits per heavy atom. The van der Waals surface area contributed by atoms with Crippen LogP contribution in [0.4, 0.5) is 9.59 Å². The second-order valence-electron chi connectivity index (χ2n) is 15.6. The zero-order chi connectivity index (χ0) is 40.9. The van der Waals surface area contributed by atoms with Crippen molar-refractivity contribution in [3.05, 3.63) is 116 Å². The highest BCUT2D eigenvalue weighted by Gasteiger charge is 2.73. The van der Waals surface area contributed by atoms with Crippen molar-refractivity contribution < 1.29 is 33.8 Å². The fraction of sp³-hybridized carbons (Fsp3) is 0.439. The third-order valence-electron chi connectivity index (χ3n) is 11.4. The van der Waals surface area contributed by atoms with Gasteiger partial charge in [-0.05, 0) is 85.6 Å². The van der Waals surface area contributed by atoms with Gasteiger partial charge in [-0.1, -0.05) is 114 Å². The molecule has 1 spiro atoms. The van der Waals surface area contributed by atoms with E-state index in [9.17, 15) is 19.7 Å².